The van der Waals surface area contributed by atoms with Crippen LogP contribution in [0, 0.1) is 0 Å². The highest BCUT2D eigenvalue weighted by Gasteiger charge is 2.29. The zero-order chi connectivity index (χ0) is 13.1. The van der Waals surface area contributed by atoms with E-state index in [-0.39, 0.29) is 11.4 Å². The maximum atomic E-state index is 11.8. The maximum absolute atomic E-state index is 11.8. The van der Waals surface area contributed by atoms with Gasteiger partial charge in [0.25, 0.3) is 0 Å². The van der Waals surface area contributed by atoms with Crippen molar-refractivity contribution in [3.05, 3.63) is 17.5 Å². The highest BCUT2D eigenvalue weighted by Crippen LogP contribution is 2.29. The molecule has 2 N–H and O–H groups in total. The van der Waals surface area contributed by atoms with Gasteiger partial charge in [0.15, 0.2) is 5.69 Å². The molecule has 1 rings (SSSR count). The van der Waals surface area contributed by atoms with Gasteiger partial charge in [-0.3, -0.25) is 4.68 Å². The Kier molecular flexibility index (Phi) is 4.28. The summed E-state index contributed by atoms with van der Waals surface area (Å²) in [6.07, 6.45) is 2.66. The van der Waals surface area contributed by atoms with Gasteiger partial charge in [-0.1, -0.05) is 13.8 Å². The van der Waals surface area contributed by atoms with Crippen molar-refractivity contribution >= 4 is 5.97 Å². The van der Waals surface area contributed by atoms with Crippen molar-refractivity contribution in [2.45, 2.75) is 32.6 Å². The van der Waals surface area contributed by atoms with Crippen LogP contribution >= 0.6 is 0 Å². The van der Waals surface area contributed by atoms with E-state index in [2.05, 4.69) is 18.9 Å². The number of rotatable bonds is 5. The molecule has 96 valence electrons. The minimum Gasteiger partial charge on any atom is -0.461 e. The number of nitrogens with zero attached hydrogens (tertiary/aromatic N) is 2. The second kappa shape index (κ2) is 5.31. The first-order chi connectivity index (χ1) is 7.92. The van der Waals surface area contributed by atoms with Gasteiger partial charge in [-0.15, -0.1) is 0 Å². The number of hydrogen-bond acceptors (Lipinski definition) is 4. The molecule has 0 fully saturated rings. The largest absolute Gasteiger partial charge is 0.461 e. The molecule has 0 bridgehead atoms. The lowest BCUT2D eigenvalue weighted by Crippen LogP contribution is -2.24. The number of carbonyl (C=O) groups excluding carboxylic acids is 1. The molecule has 0 aromatic carbocycles. The van der Waals surface area contributed by atoms with E-state index in [1.807, 2.05) is 6.20 Å². The Hall–Kier alpha value is -1.36. The molecule has 5 heteroatoms. The summed E-state index contributed by atoms with van der Waals surface area (Å²) < 4.78 is 6.65. The molecule has 0 spiro atoms. The van der Waals surface area contributed by atoms with E-state index in [4.69, 9.17) is 10.5 Å². The van der Waals surface area contributed by atoms with E-state index in [9.17, 15) is 4.79 Å². The van der Waals surface area contributed by atoms with Gasteiger partial charge < -0.3 is 10.5 Å². The Labute approximate surface area is 102 Å². The number of carbonyl (C=O) groups is 1. The highest BCUT2D eigenvalue weighted by molar-refractivity contribution is 5.89. The Bertz CT molecular complexity index is 396. The molecule has 17 heavy (non-hydrogen) atoms. The van der Waals surface area contributed by atoms with Gasteiger partial charge in [0.1, 0.15) is 0 Å². The van der Waals surface area contributed by atoms with Crippen LogP contribution in [0.3, 0.4) is 0 Å². The fourth-order valence-electron chi connectivity index (χ4n) is 1.83. The first-order valence-electron chi connectivity index (χ1n) is 5.83. The van der Waals surface area contributed by atoms with Crippen molar-refractivity contribution in [1.82, 2.24) is 9.78 Å². The summed E-state index contributed by atoms with van der Waals surface area (Å²) in [5.74, 6) is -0.367. The van der Waals surface area contributed by atoms with Crippen molar-refractivity contribution < 1.29 is 9.53 Å². The zero-order valence-electron chi connectivity index (χ0n) is 11.0. The molecular weight excluding hydrogens is 218 g/mol. The average molecular weight is 239 g/mol. The smallest absolute Gasteiger partial charge is 0.359 e. The molecule has 0 saturated carbocycles. The molecule has 1 heterocycles. The Morgan fingerprint density at radius 3 is 2.76 bits per heavy atom. The quantitative estimate of drug-likeness (QED) is 0.784. The van der Waals surface area contributed by atoms with Gasteiger partial charge in [-0.2, -0.15) is 5.10 Å². The van der Waals surface area contributed by atoms with Crippen LogP contribution in [-0.4, -0.2) is 28.9 Å². The second-order valence-electron chi connectivity index (χ2n) is 4.71. The van der Waals surface area contributed by atoms with Crippen molar-refractivity contribution in [3.63, 3.8) is 0 Å². The van der Waals surface area contributed by atoms with Gasteiger partial charge in [0.2, 0.25) is 0 Å². The van der Waals surface area contributed by atoms with Gasteiger partial charge in [-0.05, 0) is 25.3 Å². The number of ether oxygens (including phenoxy) is 1. The van der Waals surface area contributed by atoms with E-state index in [0.29, 0.717) is 18.8 Å². The number of esters is 1. The lowest BCUT2D eigenvalue weighted by Gasteiger charge is -2.23. The first-order valence-corrected chi connectivity index (χ1v) is 5.83. The van der Waals surface area contributed by atoms with Crippen LogP contribution in [0.2, 0.25) is 0 Å². The van der Waals surface area contributed by atoms with Crippen molar-refractivity contribution in [2.24, 2.45) is 12.8 Å². The molecular formula is C12H21N3O2. The summed E-state index contributed by atoms with van der Waals surface area (Å²) in [5.41, 5.74) is 6.71. The van der Waals surface area contributed by atoms with E-state index in [0.717, 1.165) is 12.0 Å². The van der Waals surface area contributed by atoms with E-state index in [1.54, 1.807) is 18.7 Å². The van der Waals surface area contributed by atoms with E-state index >= 15 is 0 Å². The number of aryl methyl sites for hydroxylation is 1. The van der Waals surface area contributed by atoms with Crippen LogP contribution in [0.5, 0.6) is 0 Å². The summed E-state index contributed by atoms with van der Waals surface area (Å²) in [6.45, 7) is 6.82. The molecule has 0 aliphatic rings. The zero-order valence-corrected chi connectivity index (χ0v) is 11.0. The van der Waals surface area contributed by atoms with Crippen molar-refractivity contribution in [1.29, 1.82) is 0 Å². The summed E-state index contributed by atoms with van der Waals surface area (Å²) >= 11 is 0. The Morgan fingerprint density at radius 2 is 2.24 bits per heavy atom. The predicted octanol–water partition coefficient (Wildman–Crippen LogP) is 1.22. The molecule has 1 aromatic rings. The van der Waals surface area contributed by atoms with Crippen LogP contribution in [-0.2, 0) is 17.2 Å². The summed E-state index contributed by atoms with van der Waals surface area (Å²) in [7, 11) is 1.80. The fraction of sp³-hybridized carbons (Fsp3) is 0.667. The second-order valence-corrected chi connectivity index (χ2v) is 4.71. The number of aromatic nitrogens is 2. The van der Waals surface area contributed by atoms with Gasteiger partial charge >= 0.3 is 5.97 Å². The molecule has 0 aliphatic carbocycles. The summed E-state index contributed by atoms with van der Waals surface area (Å²) in [6, 6.07) is 0. The monoisotopic (exact) mass is 239 g/mol. The summed E-state index contributed by atoms with van der Waals surface area (Å²) in [5, 5.41) is 4.18. The number of hydrogen-bond donors (Lipinski definition) is 1. The lowest BCUT2D eigenvalue weighted by molar-refractivity contribution is 0.0515. The van der Waals surface area contributed by atoms with Crippen LogP contribution in [0.25, 0.3) is 0 Å². The first kappa shape index (κ1) is 13.7. The third kappa shape index (κ3) is 3.06. The SMILES string of the molecule is CCOC(=O)c1nn(C)cc1C(C)(C)CCN. The summed E-state index contributed by atoms with van der Waals surface area (Å²) in [4.78, 5) is 11.8. The minimum atomic E-state index is -0.367. The molecule has 0 unspecified atom stereocenters. The predicted molar refractivity (Wildman–Crippen MR) is 65.9 cm³/mol. The fourth-order valence-corrected chi connectivity index (χ4v) is 1.83. The Morgan fingerprint density at radius 1 is 1.59 bits per heavy atom. The van der Waals surface area contributed by atoms with Gasteiger partial charge in [0.05, 0.1) is 6.61 Å². The van der Waals surface area contributed by atoms with Crippen molar-refractivity contribution in [2.75, 3.05) is 13.2 Å². The van der Waals surface area contributed by atoms with Crippen LogP contribution in [0.15, 0.2) is 6.20 Å². The number of nitrogens with two attached hydrogens (primary N) is 1. The molecule has 0 aliphatic heterocycles. The Balaban J connectivity index is 3.11. The lowest BCUT2D eigenvalue weighted by atomic mass is 9.82. The van der Waals surface area contributed by atoms with Gasteiger partial charge in [0, 0.05) is 18.8 Å². The molecule has 0 saturated heterocycles. The molecule has 0 atom stereocenters. The normalized spacial score (nSPS) is 11.6. The standard InChI is InChI=1S/C12H21N3O2/c1-5-17-11(16)10-9(8-15(4)14-10)12(2,3)6-7-13/h8H,5-7,13H2,1-4H3. The van der Waals surface area contributed by atoms with E-state index < -0.39 is 0 Å². The van der Waals surface area contributed by atoms with Crippen LogP contribution < -0.4 is 5.73 Å². The van der Waals surface area contributed by atoms with Gasteiger partial charge in [-0.25, -0.2) is 4.79 Å². The van der Waals surface area contributed by atoms with Crippen LogP contribution in [0.1, 0.15) is 43.2 Å². The van der Waals surface area contributed by atoms with Crippen molar-refractivity contribution in [3.8, 4) is 0 Å². The maximum Gasteiger partial charge on any atom is 0.359 e. The molecule has 1 aromatic heterocycles. The third-order valence-electron chi connectivity index (χ3n) is 2.80. The third-order valence-corrected chi connectivity index (χ3v) is 2.80. The highest BCUT2D eigenvalue weighted by atomic mass is 16.5. The molecule has 0 amide bonds. The average Bonchev–Trinajstić information content (AvgIpc) is 2.61. The van der Waals surface area contributed by atoms with Crippen LogP contribution in [0.4, 0.5) is 0 Å². The molecule has 5 nitrogen and oxygen atoms in total. The molecule has 0 radical (unpaired) electrons. The topological polar surface area (TPSA) is 70.1 Å². The minimum absolute atomic E-state index is 0.175. The van der Waals surface area contributed by atoms with E-state index in [1.165, 1.54) is 0 Å².